The summed E-state index contributed by atoms with van der Waals surface area (Å²) in [6.45, 7) is 1.74. The fourth-order valence-electron chi connectivity index (χ4n) is 2.01. The fourth-order valence-corrected chi connectivity index (χ4v) is 2.01. The van der Waals surface area contributed by atoms with Crippen LogP contribution in [0.4, 0.5) is 11.4 Å². The molecule has 0 radical (unpaired) electrons. The van der Waals surface area contributed by atoms with Gasteiger partial charge in [-0.1, -0.05) is 0 Å². The summed E-state index contributed by atoms with van der Waals surface area (Å²) in [5.74, 6) is 0.267. The lowest BCUT2D eigenvalue weighted by molar-refractivity contribution is -0.385. The first-order valence-electron chi connectivity index (χ1n) is 6.73. The highest BCUT2D eigenvalue weighted by atomic mass is 16.6. The van der Waals surface area contributed by atoms with Crippen molar-refractivity contribution >= 4 is 11.4 Å². The zero-order valence-electron chi connectivity index (χ0n) is 11.9. The maximum Gasteiger partial charge on any atom is 0.311 e. The number of hydrogen-bond donors (Lipinski definition) is 1. The number of hydrogen-bond acceptors (Lipinski definition) is 5. The summed E-state index contributed by atoms with van der Waals surface area (Å²) in [6.07, 6.45) is 7.54. The van der Waals surface area contributed by atoms with E-state index in [0.29, 0.717) is 0 Å². The maximum atomic E-state index is 10.8. The van der Waals surface area contributed by atoms with Gasteiger partial charge in [0, 0.05) is 43.3 Å². The van der Waals surface area contributed by atoms with Crippen LogP contribution < -0.4 is 10.1 Å². The molecule has 1 aromatic heterocycles. The molecule has 2 rings (SSSR count). The van der Waals surface area contributed by atoms with E-state index in [9.17, 15) is 10.1 Å². The van der Waals surface area contributed by atoms with Crippen LogP contribution in [0, 0.1) is 10.1 Å². The predicted molar refractivity (Wildman–Crippen MR) is 79.6 cm³/mol. The third-order valence-corrected chi connectivity index (χ3v) is 3.11. The molecule has 1 heterocycles. The molecule has 7 heteroatoms. The van der Waals surface area contributed by atoms with E-state index >= 15 is 0 Å². The number of methoxy groups -OCH3 is 1. The number of imidazole rings is 1. The van der Waals surface area contributed by atoms with Crippen molar-refractivity contribution < 1.29 is 9.66 Å². The molecule has 0 atom stereocenters. The third-order valence-electron chi connectivity index (χ3n) is 3.11. The summed E-state index contributed by atoms with van der Waals surface area (Å²) >= 11 is 0. The van der Waals surface area contributed by atoms with Crippen molar-refractivity contribution in [1.29, 1.82) is 0 Å². The molecule has 0 saturated carbocycles. The van der Waals surface area contributed by atoms with Gasteiger partial charge in [0.15, 0.2) is 5.75 Å². The van der Waals surface area contributed by atoms with Crippen LogP contribution in [0.1, 0.15) is 12.8 Å². The molecule has 21 heavy (non-hydrogen) atoms. The normalized spacial score (nSPS) is 10.3. The SMILES string of the molecule is COc1cc(NCCCCn2ccnc2)ccc1[N+](=O)[O-]. The summed E-state index contributed by atoms with van der Waals surface area (Å²) < 4.78 is 7.07. The van der Waals surface area contributed by atoms with E-state index in [1.54, 1.807) is 24.7 Å². The van der Waals surface area contributed by atoms with E-state index < -0.39 is 4.92 Å². The largest absolute Gasteiger partial charge is 0.490 e. The molecule has 0 aliphatic rings. The van der Waals surface area contributed by atoms with Gasteiger partial charge in [0.2, 0.25) is 0 Å². The number of benzene rings is 1. The molecule has 7 nitrogen and oxygen atoms in total. The molecule has 0 bridgehead atoms. The first-order chi connectivity index (χ1) is 10.2. The number of anilines is 1. The van der Waals surface area contributed by atoms with Crippen molar-refractivity contribution in [2.45, 2.75) is 19.4 Å². The molecular formula is C14H18N4O3. The molecule has 0 spiro atoms. The predicted octanol–water partition coefficient (Wildman–Crippen LogP) is 2.69. The average Bonchev–Trinajstić information content (AvgIpc) is 2.99. The van der Waals surface area contributed by atoms with Crippen molar-refractivity contribution in [2.24, 2.45) is 0 Å². The van der Waals surface area contributed by atoms with Gasteiger partial charge in [-0.25, -0.2) is 4.98 Å². The molecule has 0 aliphatic heterocycles. The van der Waals surface area contributed by atoms with Crippen LogP contribution in [0.2, 0.25) is 0 Å². The highest BCUT2D eigenvalue weighted by molar-refractivity contribution is 5.57. The van der Waals surface area contributed by atoms with E-state index in [1.165, 1.54) is 13.2 Å². The molecule has 0 fully saturated rings. The fraction of sp³-hybridized carbons (Fsp3) is 0.357. The standard InChI is InChI=1S/C14H18N4O3/c1-21-14-10-12(4-5-13(14)18(19)20)16-6-2-3-8-17-9-7-15-11-17/h4-5,7,9-11,16H,2-3,6,8H2,1H3. The van der Waals surface area contributed by atoms with Crippen LogP contribution in [-0.2, 0) is 6.54 Å². The minimum absolute atomic E-state index is 0.0249. The minimum Gasteiger partial charge on any atom is -0.490 e. The zero-order chi connectivity index (χ0) is 15.1. The number of nitrogens with zero attached hydrogens (tertiary/aromatic N) is 3. The molecular weight excluding hydrogens is 272 g/mol. The summed E-state index contributed by atoms with van der Waals surface area (Å²) in [5.41, 5.74) is 0.795. The Hall–Kier alpha value is -2.57. The van der Waals surface area contributed by atoms with Crippen molar-refractivity contribution in [3.05, 3.63) is 47.0 Å². The van der Waals surface area contributed by atoms with Crippen LogP contribution in [-0.4, -0.2) is 28.1 Å². The Labute approximate surface area is 122 Å². The number of nitro groups is 1. The Morgan fingerprint density at radius 1 is 1.43 bits per heavy atom. The van der Waals surface area contributed by atoms with Crippen molar-refractivity contribution in [1.82, 2.24) is 9.55 Å². The quantitative estimate of drug-likeness (QED) is 0.459. The Kier molecular flexibility index (Phi) is 5.14. The molecule has 0 aliphatic carbocycles. The maximum absolute atomic E-state index is 10.8. The Bertz CT molecular complexity index is 584. The van der Waals surface area contributed by atoms with Gasteiger partial charge in [0.1, 0.15) is 0 Å². The van der Waals surface area contributed by atoms with Crippen LogP contribution in [0.5, 0.6) is 5.75 Å². The van der Waals surface area contributed by atoms with Gasteiger partial charge in [0.25, 0.3) is 0 Å². The number of unbranched alkanes of at least 4 members (excludes halogenated alkanes) is 1. The van der Waals surface area contributed by atoms with Gasteiger partial charge in [-0.2, -0.15) is 0 Å². The van der Waals surface area contributed by atoms with Gasteiger partial charge in [-0.05, 0) is 18.9 Å². The summed E-state index contributed by atoms with van der Waals surface area (Å²) in [6, 6.07) is 4.79. The number of ether oxygens (including phenoxy) is 1. The van der Waals surface area contributed by atoms with Crippen LogP contribution >= 0.6 is 0 Å². The number of nitrogens with one attached hydrogen (secondary N) is 1. The lowest BCUT2D eigenvalue weighted by Gasteiger charge is -2.08. The van der Waals surface area contributed by atoms with Crippen molar-refractivity contribution in [3.63, 3.8) is 0 Å². The summed E-state index contributed by atoms with van der Waals surface area (Å²) in [5, 5.41) is 14.0. The highest BCUT2D eigenvalue weighted by Gasteiger charge is 2.14. The topological polar surface area (TPSA) is 82.2 Å². The Morgan fingerprint density at radius 3 is 2.95 bits per heavy atom. The highest BCUT2D eigenvalue weighted by Crippen LogP contribution is 2.29. The average molecular weight is 290 g/mol. The van der Waals surface area contributed by atoms with Crippen LogP contribution in [0.25, 0.3) is 0 Å². The third kappa shape index (κ3) is 4.20. The molecule has 0 saturated heterocycles. The number of rotatable bonds is 8. The second-order valence-corrected chi connectivity index (χ2v) is 4.58. The molecule has 0 amide bonds. The summed E-state index contributed by atoms with van der Waals surface area (Å²) in [7, 11) is 1.43. The van der Waals surface area contributed by atoms with E-state index in [1.807, 2.05) is 10.8 Å². The number of aryl methyl sites for hydroxylation is 1. The lowest BCUT2D eigenvalue weighted by atomic mass is 10.2. The smallest absolute Gasteiger partial charge is 0.311 e. The van der Waals surface area contributed by atoms with Crippen LogP contribution in [0.15, 0.2) is 36.9 Å². The monoisotopic (exact) mass is 290 g/mol. The Morgan fingerprint density at radius 2 is 2.29 bits per heavy atom. The van der Waals surface area contributed by atoms with Gasteiger partial charge >= 0.3 is 5.69 Å². The molecule has 0 unspecified atom stereocenters. The van der Waals surface area contributed by atoms with E-state index in [4.69, 9.17) is 4.74 Å². The van der Waals surface area contributed by atoms with Crippen LogP contribution in [0.3, 0.4) is 0 Å². The second kappa shape index (κ2) is 7.28. The van der Waals surface area contributed by atoms with E-state index in [2.05, 4.69) is 10.3 Å². The second-order valence-electron chi connectivity index (χ2n) is 4.58. The first-order valence-corrected chi connectivity index (χ1v) is 6.73. The van der Waals surface area contributed by atoms with Gasteiger partial charge < -0.3 is 14.6 Å². The number of aromatic nitrogens is 2. The van der Waals surface area contributed by atoms with Gasteiger partial charge in [-0.3, -0.25) is 10.1 Å². The van der Waals surface area contributed by atoms with E-state index in [-0.39, 0.29) is 11.4 Å². The molecule has 112 valence electrons. The summed E-state index contributed by atoms with van der Waals surface area (Å²) in [4.78, 5) is 14.3. The number of nitro benzene ring substituents is 1. The zero-order valence-corrected chi connectivity index (χ0v) is 11.9. The Balaban J connectivity index is 1.79. The minimum atomic E-state index is -0.451. The lowest BCUT2D eigenvalue weighted by Crippen LogP contribution is -2.04. The van der Waals surface area contributed by atoms with Crippen molar-refractivity contribution in [2.75, 3.05) is 19.0 Å². The van der Waals surface area contributed by atoms with Crippen molar-refractivity contribution in [3.8, 4) is 5.75 Å². The first kappa shape index (κ1) is 14.8. The molecule has 1 aromatic carbocycles. The van der Waals surface area contributed by atoms with E-state index in [0.717, 1.165) is 31.6 Å². The molecule has 2 aromatic rings. The van der Waals surface area contributed by atoms with Gasteiger partial charge in [-0.15, -0.1) is 0 Å². The van der Waals surface area contributed by atoms with Gasteiger partial charge in [0.05, 0.1) is 18.4 Å². The molecule has 1 N–H and O–H groups in total.